The normalized spacial score (nSPS) is 9.81. The lowest BCUT2D eigenvalue weighted by Gasteiger charge is -2.05. The maximum Gasteiger partial charge on any atom is 0.129 e. The number of ether oxygens (including phenoxy) is 1. The number of hydrogen-bond acceptors (Lipinski definition) is 4. The summed E-state index contributed by atoms with van der Waals surface area (Å²) in [5.41, 5.74) is 1.05. The molecule has 0 unspecified atom stereocenters. The van der Waals surface area contributed by atoms with Crippen LogP contribution in [-0.2, 0) is 0 Å². The van der Waals surface area contributed by atoms with Crippen LogP contribution in [0.3, 0.4) is 0 Å². The number of phenols is 1. The monoisotopic (exact) mass is 300 g/mol. The van der Waals surface area contributed by atoms with Crippen molar-refractivity contribution in [2.75, 3.05) is 7.11 Å². The highest BCUT2D eigenvalue weighted by Crippen LogP contribution is 2.31. The summed E-state index contributed by atoms with van der Waals surface area (Å²) in [5.74, 6) is 1.07. The van der Waals surface area contributed by atoms with Crippen LogP contribution in [0.2, 0.25) is 0 Å². The zero-order valence-electron chi connectivity index (χ0n) is 11.8. The van der Waals surface area contributed by atoms with Crippen LogP contribution in [0.25, 0.3) is 10.8 Å². The molecule has 21 heavy (non-hydrogen) atoms. The topological polar surface area (TPSA) is 58.1 Å². The number of H-pyrrole nitrogens is 1. The summed E-state index contributed by atoms with van der Waals surface area (Å²) >= 11 is 4.77. The third kappa shape index (κ3) is 3.79. The summed E-state index contributed by atoms with van der Waals surface area (Å²) in [7, 11) is 1.62. The Bertz CT molecular complexity index is 799. The maximum absolute atomic E-state index is 9.54. The first-order chi connectivity index (χ1) is 10.1. The standard InChI is InChI=1S/C11H10O2.C5H6N2S/c1-13-11-7-6-10(12)8-4-2-3-5-9(8)11;1-4-2-5(8)7-3-6-4/h2-7,12H,1H3;2-3H,1H3,(H,6,7,8). The summed E-state index contributed by atoms with van der Waals surface area (Å²) in [5, 5.41) is 11.3. The van der Waals surface area contributed by atoms with Crippen LogP contribution < -0.4 is 4.74 Å². The van der Waals surface area contributed by atoms with Crippen LogP contribution >= 0.6 is 12.2 Å². The Kier molecular flexibility index (Phi) is 4.90. The van der Waals surface area contributed by atoms with Gasteiger partial charge in [0.1, 0.15) is 16.1 Å². The molecule has 3 rings (SSSR count). The molecule has 0 aliphatic heterocycles. The van der Waals surface area contributed by atoms with Crippen LogP contribution in [0.15, 0.2) is 48.8 Å². The minimum Gasteiger partial charge on any atom is -0.507 e. The van der Waals surface area contributed by atoms with Gasteiger partial charge in [-0.2, -0.15) is 0 Å². The number of aromatic hydroxyl groups is 1. The van der Waals surface area contributed by atoms with Gasteiger partial charge in [0.25, 0.3) is 0 Å². The first kappa shape index (κ1) is 15.0. The molecule has 0 saturated heterocycles. The number of hydrogen-bond donors (Lipinski definition) is 2. The third-order valence-electron chi connectivity index (χ3n) is 2.90. The predicted octanol–water partition coefficient (Wildman–Crippen LogP) is 4.00. The molecule has 3 aromatic rings. The number of rotatable bonds is 1. The quantitative estimate of drug-likeness (QED) is 0.667. The van der Waals surface area contributed by atoms with E-state index in [0.29, 0.717) is 4.64 Å². The van der Waals surface area contributed by atoms with Gasteiger partial charge < -0.3 is 14.8 Å². The van der Waals surface area contributed by atoms with E-state index in [2.05, 4.69) is 9.97 Å². The van der Waals surface area contributed by atoms with E-state index in [1.165, 1.54) is 0 Å². The zero-order valence-corrected chi connectivity index (χ0v) is 12.6. The van der Waals surface area contributed by atoms with Crippen molar-refractivity contribution in [2.45, 2.75) is 6.92 Å². The van der Waals surface area contributed by atoms with E-state index in [9.17, 15) is 5.11 Å². The molecule has 0 aliphatic rings. The van der Waals surface area contributed by atoms with E-state index in [4.69, 9.17) is 17.0 Å². The lowest BCUT2D eigenvalue weighted by Crippen LogP contribution is -1.84. The van der Waals surface area contributed by atoms with Crippen molar-refractivity contribution in [3.63, 3.8) is 0 Å². The van der Waals surface area contributed by atoms with Gasteiger partial charge >= 0.3 is 0 Å². The van der Waals surface area contributed by atoms with E-state index in [1.807, 2.05) is 37.3 Å². The second kappa shape index (κ2) is 6.85. The molecular formula is C16H16N2O2S. The molecule has 4 nitrogen and oxygen atoms in total. The van der Waals surface area contributed by atoms with Gasteiger partial charge in [-0.1, -0.05) is 36.5 Å². The highest BCUT2D eigenvalue weighted by molar-refractivity contribution is 7.71. The highest BCUT2D eigenvalue weighted by Gasteiger charge is 2.03. The minimum atomic E-state index is 0.288. The van der Waals surface area contributed by atoms with E-state index < -0.39 is 0 Å². The van der Waals surface area contributed by atoms with Gasteiger partial charge in [-0.15, -0.1) is 0 Å². The van der Waals surface area contributed by atoms with Gasteiger partial charge in [-0.05, 0) is 25.1 Å². The molecular weight excluding hydrogens is 284 g/mol. The predicted molar refractivity (Wildman–Crippen MR) is 86.3 cm³/mol. The Morgan fingerprint density at radius 2 is 1.86 bits per heavy atom. The van der Waals surface area contributed by atoms with E-state index in [0.717, 1.165) is 22.2 Å². The van der Waals surface area contributed by atoms with Gasteiger partial charge in [0, 0.05) is 16.5 Å². The van der Waals surface area contributed by atoms with Crippen LogP contribution in [0.4, 0.5) is 0 Å². The van der Waals surface area contributed by atoms with Gasteiger partial charge in [-0.25, -0.2) is 4.98 Å². The average Bonchev–Trinajstić information content (AvgIpc) is 2.48. The Labute approximate surface area is 128 Å². The molecule has 5 heteroatoms. The number of aromatic amines is 1. The van der Waals surface area contributed by atoms with Gasteiger partial charge in [0.2, 0.25) is 0 Å². The SMILES string of the molecule is COc1ccc(O)c2ccccc12.Cc1cc(=S)nc[nH]1. The number of nitrogens with zero attached hydrogens (tertiary/aromatic N) is 1. The Morgan fingerprint density at radius 3 is 2.43 bits per heavy atom. The van der Waals surface area contributed by atoms with E-state index >= 15 is 0 Å². The number of aryl methyl sites for hydroxylation is 1. The summed E-state index contributed by atoms with van der Waals surface area (Å²) in [6, 6.07) is 12.8. The summed E-state index contributed by atoms with van der Waals surface area (Å²) in [4.78, 5) is 6.69. The molecule has 108 valence electrons. The van der Waals surface area contributed by atoms with Crippen molar-refractivity contribution in [3.05, 3.63) is 59.1 Å². The number of phenolic OH excluding ortho intramolecular Hbond substituents is 1. The maximum atomic E-state index is 9.54. The molecule has 2 N–H and O–H groups in total. The summed E-state index contributed by atoms with van der Waals surface area (Å²) in [6.45, 7) is 1.94. The van der Waals surface area contributed by atoms with Crippen molar-refractivity contribution >= 4 is 23.0 Å². The summed E-state index contributed by atoms with van der Waals surface area (Å²) < 4.78 is 5.81. The van der Waals surface area contributed by atoms with Gasteiger partial charge in [-0.3, -0.25) is 0 Å². The van der Waals surface area contributed by atoms with E-state index in [-0.39, 0.29) is 5.75 Å². The fourth-order valence-electron chi connectivity index (χ4n) is 1.90. The molecule has 0 bridgehead atoms. The first-order valence-corrected chi connectivity index (χ1v) is 6.78. The molecule has 0 saturated carbocycles. The van der Waals surface area contributed by atoms with Crippen molar-refractivity contribution in [1.82, 2.24) is 9.97 Å². The number of nitrogens with one attached hydrogen (secondary N) is 1. The molecule has 2 aromatic carbocycles. The second-order valence-corrected chi connectivity index (χ2v) is 4.82. The third-order valence-corrected chi connectivity index (χ3v) is 3.13. The lowest BCUT2D eigenvalue weighted by molar-refractivity contribution is 0.418. The molecule has 0 fully saturated rings. The lowest BCUT2D eigenvalue weighted by atomic mass is 10.1. The highest BCUT2D eigenvalue weighted by atomic mass is 32.1. The number of benzene rings is 2. The smallest absolute Gasteiger partial charge is 0.129 e. The molecule has 0 spiro atoms. The molecule has 0 radical (unpaired) electrons. The minimum absolute atomic E-state index is 0.288. The average molecular weight is 300 g/mol. The van der Waals surface area contributed by atoms with Crippen LogP contribution in [0, 0.1) is 11.6 Å². The molecule has 0 aliphatic carbocycles. The fraction of sp³-hybridized carbons (Fsp3) is 0.125. The van der Waals surface area contributed by atoms with Crippen molar-refractivity contribution < 1.29 is 9.84 Å². The van der Waals surface area contributed by atoms with Crippen LogP contribution in [0.1, 0.15) is 5.69 Å². The molecule has 1 heterocycles. The molecule has 0 amide bonds. The first-order valence-electron chi connectivity index (χ1n) is 6.38. The van der Waals surface area contributed by atoms with Crippen molar-refractivity contribution in [3.8, 4) is 11.5 Å². The Balaban J connectivity index is 0.000000173. The Hall–Kier alpha value is -2.40. The van der Waals surface area contributed by atoms with Crippen LogP contribution in [-0.4, -0.2) is 22.2 Å². The number of methoxy groups -OCH3 is 1. The molecule has 0 atom stereocenters. The molecule has 1 aromatic heterocycles. The fourth-order valence-corrected chi connectivity index (χ4v) is 2.12. The Morgan fingerprint density at radius 1 is 1.14 bits per heavy atom. The van der Waals surface area contributed by atoms with Crippen molar-refractivity contribution in [2.24, 2.45) is 0 Å². The number of fused-ring (bicyclic) bond motifs is 1. The summed E-state index contributed by atoms with van der Waals surface area (Å²) in [6.07, 6.45) is 1.59. The second-order valence-electron chi connectivity index (χ2n) is 4.40. The van der Waals surface area contributed by atoms with Crippen molar-refractivity contribution in [1.29, 1.82) is 0 Å². The van der Waals surface area contributed by atoms with Gasteiger partial charge in [0.05, 0.1) is 13.4 Å². The number of aromatic nitrogens is 2. The van der Waals surface area contributed by atoms with Gasteiger partial charge in [0.15, 0.2) is 0 Å². The zero-order chi connectivity index (χ0) is 15.2. The van der Waals surface area contributed by atoms with E-state index in [1.54, 1.807) is 25.6 Å². The largest absolute Gasteiger partial charge is 0.507 e. The van der Waals surface area contributed by atoms with Crippen LogP contribution in [0.5, 0.6) is 11.5 Å².